The molecule has 12 heteroatoms. The molecule has 222 valence electrons. The molecule has 1 saturated heterocycles. The van der Waals surface area contributed by atoms with Crippen LogP contribution in [0, 0.1) is 5.82 Å². The number of anilines is 1. The zero-order chi connectivity index (χ0) is 29.9. The van der Waals surface area contributed by atoms with Gasteiger partial charge in [-0.3, -0.25) is 14.6 Å². The highest BCUT2D eigenvalue weighted by Gasteiger charge is 2.34. The average molecular weight is 587 g/mol. The third kappa shape index (κ3) is 6.58. The Morgan fingerprint density at radius 2 is 1.88 bits per heavy atom. The quantitative estimate of drug-likeness (QED) is 0.359. The molecule has 1 fully saturated rings. The minimum absolute atomic E-state index is 0.0706. The van der Waals surface area contributed by atoms with Crippen molar-refractivity contribution in [1.82, 2.24) is 25.8 Å². The normalized spacial score (nSPS) is 19.1. The molecule has 43 heavy (non-hydrogen) atoms. The Morgan fingerprint density at radius 3 is 2.72 bits per heavy atom. The minimum atomic E-state index is -0.517. The van der Waals surface area contributed by atoms with Crippen molar-refractivity contribution < 1.29 is 28.0 Å². The zero-order valence-electron chi connectivity index (χ0n) is 23.7. The molecule has 0 saturated carbocycles. The Labute approximate surface area is 247 Å². The number of fused-ring (bicyclic) bond motifs is 8. The van der Waals surface area contributed by atoms with E-state index < -0.39 is 18.0 Å². The summed E-state index contributed by atoms with van der Waals surface area (Å²) in [6, 6.07) is 12.7. The first-order valence-electron chi connectivity index (χ1n) is 14.1. The van der Waals surface area contributed by atoms with E-state index in [4.69, 9.17) is 14.0 Å². The molecule has 2 amide bonds. The second-order valence-corrected chi connectivity index (χ2v) is 10.9. The van der Waals surface area contributed by atoms with Crippen LogP contribution in [0.25, 0.3) is 11.1 Å². The lowest BCUT2D eigenvalue weighted by molar-refractivity contribution is -0.123. The van der Waals surface area contributed by atoms with Crippen LogP contribution in [0.2, 0.25) is 0 Å². The molecule has 0 aliphatic carbocycles. The number of rotatable bonds is 2. The molecule has 2 aliphatic heterocycles. The molecular formula is C31H31FN6O5. The van der Waals surface area contributed by atoms with Gasteiger partial charge in [-0.05, 0) is 46.6 Å². The van der Waals surface area contributed by atoms with Crippen LogP contribution in [-0.2, 0) is 11.3 Å². The first-order chi connectivity index (χ1) is 20.8. The molecule has 4 aromatic rings. The maximum atomic E-state index is 14.6. The van der Waals surface area contributed by atoms with Crippen molar-refractivity contribution in [3.05, 3.63) is 83.8 Å². The summed E-state index contributed by atoms with van der Waals surface area (Å²) in [6.45, 7) is 4.66. The van der Waals surface area contributed by atoms with Crippen LogP contribution in [0.3, 0.4) is 0 Å². The third-order valence-electron chi connectivity index (χ3n) is 7.32. The molecule has 4 heterocycles. The molecule has 6 rings (SSSR count). The monoisotopic (exact) mass is 586 g/mol. The van der Waals surface area contributed by atoms with E-state index >= 15 is 0 Å². The second-order valence-electron chi connectivity index (χ2n) is 10.9. The van der Waals surface area contributed by atoms with Crippen molar-refractivity contribution in [2.75, 3.05) is 24.6 Å². The number of amides is 2. The van der Waals surface area contributed by atoms with E-state index in [1.54, 1.807) is 36.5 Å². The van der Waals surface area contributed by atoms with Crippen molar-refractivity contribution in [2.45, 2.75) is 44.9 Å². The van der Waals surface area contributed by atoms with Crippen LogP contribution in [0.4, 0.5) is 10.3 Å². The van der Waals surface area contributed by atoms with Gasteiger partial charge in [0.05, 0.1) is 11.6 Å². The van der Waals surface area contributed by atoms with Gasteiger partial charge in [-0.25, -0.2) is 4.39 Å². The number of aromatic nitrogens is 3. The lowest BCUT2D eigenvalue weighted by atomic mass is 10.0. The van der Waals surface area contributed by atoms with Gasteiger partial charge in [-0.2, -0.15) is 4.98 Å². The summed E-state index contributed by atoms with van der Waals surface area (Å²) < 4.78 is 32.0. The predicted octanol–water partition coefficient (Wildman–Crippen LogP) is 3.86. The number of hydrogen-bond acceptors (Lipinski definition) is 9. The molecule has 0 unspecified atom stereocenters. The van der Waals surface area contributed by atoms with Gasteiger partial charge in [0.2, 0.25) is 5.89 Å². The second kappa shape index (κ2) is 12.1. The topological polar surface area (TPSA) is 132 Å². The number of hydrogen-bond donors (Lipinski definition) is 2. The maximum absolute atomic E-state index is 14.6. The maximum Gasteiger partial charge on any atom is 0.266 e. The summed E-state index contributed by atoms with van der Waals surface area (Å²) in [5, 5.41) is 10.00. The van der Waals surface area contributed by atoms with Crippen molar-refractivity contribution in [1.29, 1.82) is 0 Å². The van der Waals surface area contributed by atoms with Gasteiger partial charge >= 0.3 is 0 Å². The molecular weight excluding hydrogens is 555 g/mol. The number of nitrogens with one attached hydrogen (secondary N) is 2. The zero-order valence-corrected chi connectivity index (χ0v) is 23.7. The number of carbonyl (C=O) groups excluding carboxylic acids is 2. The van der Waals surface area contributed by atoms with Gasteiger partial charge in [-0.15, -0.1) is 0 Å². The molecule has 0 spiro atoms. The summed E-state index contributed by atoms with van der Waals surface area (Å²) in [6.07, 6.45) is 3.14. The fourth-order valence-electron chi connectivity index (χ4n) is 5.09. The summed E-state index contributed by atoms with van der Waals surface area (Å²) in [7, 11) is 0. The Kier molecular flexibility index (Phi) is 7.91. The number of carbonyl (C=O) groups is 2. The Balaban J connectivity index is 1.34. The fraction of sp³-hybridized carbons (Fsp3) is 0.323. The van der Waals surface area contributed by atoms with E-state index in [9.17, 15) is 14.0 Å². The highest BCUT2D eigenvalue weighted by molar-refractivity contribution is 5.95. The van der Waals surface area contributed by atoms with Gasteiger partial charge in [0.15, 0.2) is 6.61 Å². The van der Waals surface area contributed by atoms with E-state index in [1.165, 1.54) is 18.3 Å². The number of benzene rings is 2. The summed E-state index contributed by atoms with van der Waals surface area (Å²) in [4.78, 5) is 36.9. The van der Waals surface area contributed by atoms with Crippen LogP contribution in [-0.4, -0.2) is 58.8 Å². The Bertz CT molecular complexity index is 1640. The van der Waals surface area contributed by atoms with E-state index in [1.807, 2.05) is 24.8 Å². The van der Waals surface area contributed by atoms with Crippen LogP contribution >= 0.6 is 0 Å². The Morgan fingerprint density at radius 1 is 1.02 bits per heavy atom. The van der Waals surface area contributed by atoms with Gasteiger partial charge in [0.25, 0.3) is 17.8 Å². The average Bonchev–Trinajstić information content (AvgIpc) is 3.50. The van der Waals surface area contributed by atoms with Crippen molar-refractivity contribution in [2.24, 2.45) is 0 Å². The summed E-state index contributed by atoms with van der Waals surface area (Å²) in [5.74, 6) is 0.590. The molecule has 0 radical (unpaired) electrons. The molecule has 2 atom stereocenters. The van der Waals surface area contributed by atoms with E-state index in [0.29, 0.717) is 53.8 Å². The number of nitrogens with zero attached hydrogens (tertiary/aromatic N) is 4. The molecule has 2 aromatic heterocycles. The van der Waals surface area contributed by atoms with E-state index in [-0.39, 0.29) is 36.6 Å². The first kappa shape index (κ1) is 28.1. The van der Waals surface area contributed by atoms with Crippen molar-refractivity contribution in [3.63, 3.8) is 0 Å². The highest BCUT2D eigenvalue weighted by Crippen LogP contribution is 2.27. The van der Waals surface area contributed by atoms with Crippen molar-refractivity contribution >= 4 is 17.8 Å². The highest BCUT2D eigenvalue weighted by atomic mass is 19.1. The predicted molar refractivity (Wildman–Crippen MR) is 154 cm³/mol. The van der Waals surface area contributed by atoms with Gasteiger partial charge in [-0.1, -0.05) is 26.0 Å². The standard InChI is InChI=1S/C31H31FN6O5/c1-18(2)30-36-31(37-43-30)38-7-6-27-26(16-38)35-29(40)22-10-21(14-33-15-22)20-4-3-5-24(11-20)41-17-28(39)34-13-19-8-23(32)12-25(9-19)42-27/h3-5,8-12,14-15,18,26-27H,6-7,13,16-17H2,1-2H3,(H,34,39)(H,35,40)/t26-,27+/m1/s1. The van der Waals surface area contributed by atoms with Crippen LogP contribution in [0.15, 0.2) is 65.4 Å². The molecule has 11 nitrogen and oxygen atoms in total. The third-order valence-corrected chi connectivity index (χ3v) is 7.32. The van der Waals surface area contributed by atoms with Gasteiger partial charge < -0.3 is 29.5 Å². The van der Waals surface area contributed by atoms with Crippen LogP contribution in [0.5, 0.6) is 11.5 Å². The largest absolute Gasteiger partial charge is 0.488 e. The van der Waals surface area contributed by atoms with Crippen LogP contribution in [0.1, 0.15) is 48.0 Å². The fourth-order valence-corrected chi connectivity index (χ4v) is 5.09. The number of pyridine rings is 1. The molecule has 2 aliphatic rings. The van der Waals surface area contributed by atoms with Gasteiger partial charge in [0, 0.05) is 56.0 Å². The molecule has 2 aromatic carbocycles. The van der Waals surface area contributed by atoms with Crippen molar-refractivity contribution in [3.8, 4) is 22.6 Å². The van der Waals surface area contributed by atoms with E-state index in [0.717, 1.165) is 5.56 Å². The lowest BCUT2D eigenvalue weighted by Crippen LogP contribution is -2.57. The Hall–Kier alpha value is -5.00. The minimum Gasteiger partial charge on any atom is -0.488 e. The lowest BCUT2D eigenvalue weighted by Gasteiger charge is -2.38. The number of ether oxygens (including phenoxy) is 2. The molecule has 6 bridgehead atoms. The summed E-state index contributed by atoms with van der Waals surface area (Å²) >= 11 is 0. The summed E-state index contributed by atoms with van der Waals surface area (Å²) in [5.41, 5.74) is 2.36. The molecule has 2 N–H and O–H groups in total. The van der Waals surface area contributed by atoms with Crippen LogP contribution < -0.4 is 25.0 Å². The number of piperidine rings is 1. The first-order valence-corrected chi connectivity index (χ1v) is 14.1. The van der Waals surface area contributed by atoms with E-state index in [2.05, 4.69) is 25.8 Å². The van der Waals surface area contributed by atoms with Gasteiger partial charge in [0.1, 0.15) is 23.4 Å². The SMILES string of the molecule is CC(C)c1nc(N2CC[C@@H]3Oc4cc(F)cc(c4)CNC(=O)COc4cccc(c4)-c4cncc(c4)C(=O)N[C@@H]3C2)no1. The smallest absolute Gasteiger partial charge is 0.266 e. The number of halogens is 1.